The number of hydrogen-bond donors (Lipinski definition) is 0. The van der Waals surface area contributed by atoms with Crippen LogP contribution in [0, 0.1) is 0 Å². The molecule has 0 N–H and O–H groups in total. The highest BCUT2D eigenvalue weighted by atomic mass is 15.2. The molecule has 0 amide bonds. The first-order valence-electron chi connectivity index (χ1n) is 43.5. The van der Waals surface area contributed by atoms with E-state index in [1.165, 1.54) is 123 Å². The maximum atomic E-state index is 2.55. The standard InChI is InChI=1S/2C61H42N2/c1-5-21-43(22-6-1)44-39-41-48(42-40-44)63(60-49(45-23-7-2-8-24-45)30-19-31-50(60)46-25-9-3-10-26-46)58-38-20-35-55-59(58)51-29-13-14-32-52(51)61(55)53-33-15-17-36-56(53)62(47-27-11-4-12-28-47)57-37-18-16-34-54(57)61;1-5-20-43(21-6-1)45-36-39-49(40-37-45)63(59-42-47(44-22-7-2-8-23-44)38-41-50(59)46-24-9-3-10-25-46)58-35-19-32-55-60(58)51-28-13-14-29-52(51)61(55)53-30-15-17-33-56(53)62(48-26-11-4-12-27-48)57-34-18-16-31-54(57)61/h2*1-42H. The monoisotopic (exact) mass is 1600 g/mol. The van der Waals surface area contributed by atoms with Gasteiger partial charge >= 0.3 is 0 Å². The Morgan fingerprint density at radius 3 is 0.802 bits per heavy atom. The van der Waals surface area contributed by atoms with E-state index in [0.29, 0.717) is 0 Å². The number of fused-ring (bicyclic) bond motifs is 18. The van der Waals surface area contributed by atoms with Crippen molar-refractivity contribution in [2.75, 3.05) is 19.6 Å². The van der Waals surface area contributed by atoms with Crippen molar-refractivity contribution in [2.24, 2.45) is 0 Å². The molecule has 0 radical (unpaired) electrons. The zero-order valence-corrected chi connectivity index (χ0v) is 69.3. The minimum absolute atomic E-state index is 0.586. The number of anilines is 12. The normalized spacial score (nSPS) is 12.9. The molecule has 20 aromatic carbocycles. The SMILES string of the molecule is c1ccc(-c2ccc(N(c3cc(-c4ccccc4)ccc3-c3ccccc3)c3cccc4c3-c3ccccc3C43c4ccccc4N(c4ccccc4)c4ccccc43)cc2)cc1.c1ccc(-c2ccc(N(c3cccc4c3-c3ccccc3C43c4ccccc4N(c4ccccc4)c4ccccc43)c3c(-c4ccccc4)cccc3-c3ccccc3)cc2)cc1. The number of rotatable bonds is 14. The van der Waals surface area contributed by atoms with Gasteiger partial charge in [-0.05, 0) is 197 Å². The minimum atomic E-state index is -0.593. The fraction of sp³-hybridized carbons (Fsp3) is 0.0164. The van der Waals surface area contributed by atoms with Crippen LogP contribution in [0.25, 0.3) is 89.0 Å². The Kier molecular flexibility index (Phi) is 18.7. The second-order valence-electron chi connectivity index (χ2n) is 32.8. The van der Waals surface area contributed by atoms with E-state index in [2.05, 4.69) is 529 Å². The summed E-state index contributed by atoms with van der Waals surface area (Å²) >= 11 is 0. The second-order valence-corrected chi connectivity index (χ2v) is 32.8. The molecule has 592 valence electrons. The van der Waals surface area contributed by atoms with Gasteiger partial charge in [-0.2, -0.15) is 0 Å². The van der Waals surface area contributed by atoms with Gasteiger partial charge in [-0.1, -0.05) is 419 Å². The van der Waals surface area contributed by atoms with E-state index >= 15 is 0 Å². The lowest BCUT2D eigenvalue weighted by atomic mass is 9.64. The van der Waals surface area contributed by atoms with Crippen molar-refractivity contribution < 1.29 is 0 Å². The molecule has 2 aliphatic heterocycles. The summed E-state index contributed by atoms with van der Waals surface area (Å²) in [6.45, 7) is 0. The van der Waals surface area contributed by atoms with Gasteiger partial charge in [0.25, 0.3) is 0 Å². The first-order valence-corrected chi connectivity index (χ1v) is 43.5. The molecule has 2 aliphatic carbocycles. The van der Waals surface area contributed by atoms with Crippen LogP contribution in [0.15, 0.2) is 510 Å². The molecule has 0 aromatic heterocycles. The van der Waals surface area contributed by atoms with Gasteiger partial charge in [0.15, 0.2) is 0 Å². The van der Waals surface area contributed by atoms with Crippen LogP contribution in [0.3, 0.4) is 0 Å². The van der Waals surface area contributed by atoms with Gasteiger partial charge in [0.05, 0.1) is 56.3 Å². The van der Waals surface area contributed by atoms with Crippen LogP contribution in [0.1, 0.15) is 44.5 Å². The predicted octanol–water partition coefficient (Wildman–Crippen LogP) is 32.6. The second kappa shape index (κ2) is 31.6. The summed E-state index contributed by atoms with van der Waals surface area (Å²) < 4.78 is 0. The van der Waals surface area contributed by atoms with Crippen LogP contribution < -0.4 is 19.6 Å². The van der Waals surface area contributed by atoms with Gasteiger partial charge in [0.2, 0.25) is 0 Å². The van der Waals surface area contributed by atoms with Crippen LogP contribution in [0.2, 0.25) is 0 Å². The lowest BCUT2D eigenvalue weighted by Gasteiger charge is -2.45. The highest BCUT2D eigenvalue weighted by Gasteiger charge is 2.55. The van der Waals surface area contributed by atoms with E-state index < -0.39 is 10.8 Å². The molecular formula is C122H84N4. The van der Waals surface area contributed by atoms with Gasteiger partial charge in [-0.15, -0.1) is 0 Å². The number of para-hydroxylation sites is 7. The number of nitrogens with zero attached hydrogens (tertiary/aromatic N) is 4. The Hall–Kier alpha value is -16.4. The summed E-state index contributed by atoms with van der Waals surface area (Å²) in [5.74, 6) is 0. The minimum Gasteiger partial charge on any atom is -0.310 e. The van der Waals surface area contributed by atoms with Gasteiger partial charge in [-0.3, -0.25) is 0 Å². The van der Waals surface area contributed by atoms with Crippen LogP contribution >= 0.6 is 0 Å². The van der Waals surface area contributed by atoms with Crippen molar-refractivity contribution in [2.45, 2.75) is 10.8 Å². The van der Waals surface area contributed by atoms with E-state index in [9.17, 15) is 0 Å². The van der Waals surface area contributed by atoms with E-state index in [0.717, 1.165) is 78.9 Å². The summed E-state index contributed by atoms with van der Waals surface area (Å²) in [5.41, 5.74) is 41.8. The van der Waals surface area contributed by atoms with Crippen molar-refractivity contribution >= 4 is 68.2 Å². The highest BCUT2D eigenvalue weighted by Crippen LogP contribution is 2.68. The van der Waals surface area contributed by atoms with Gasteiger partial charge in [0, 0.05) is 50.6 Å². The van der Waals surface area contributed by atoms with Crippen molar-refractivity contribution in [1.82, 2.24) is 0 Å². The van der Waals surface area contributed by atoms with E-state index in [1.54, 1.807) is 0 Å². The van der Waals surface area contributed by atoms with E-state index in [4.69, 9.17) is 0 Å². The molecule has 0 saturated heterocycles. The Morgan fingerprint density at radius 1 is 0.159 bits per heavy atom. The third-order valence-corrected chi connectivity index (χ3v) is 26.1. The Morgan fingerprint density at radius 2 is 0.421 bits per heavy atom. The van der Waals surface area contributed by atoms with Crippen molar-refractivity contribution in [3.8, 4) is 89.0 Å². The first-order chi connectivity index (χ1) is 62.6. The van der Waals surface area contributed by atoms with Gasteiger partial charge in [0.1, 0.15) is 0 Å². The van der Waals surface area contributed by atoms with Crippen molar-refractivity contribution in [3.63, 3.8) is 0 Å². The summed E-state index contributed by atoms with van der Waals surface area (Å²) in [6, 6.07) is 187. The topological polar surface area (TPSA) is 13.0 Å². The quantitative estimate of drug-likeness (QED) is 0.108. The van der Waals surface area contributed by atoms with Gasteiger partial charge in [-0.25, -0.2) is 0 Å². The van der Waals surface area contributed by atoms with Crippen LogP contribution in [-0.2, 0) is 10.8 Å². The molecule has 126 heavy (non-hydrogen) atoms. The lowest BCUT2D eigenvalue weighted by Crippen LogP contribution is -2.36. The van der Waals surface area contributed by atoms with Crippen LogP contribution in [0.4, 0.5) is 68.2 Å². The molecule has 4 nitrogen and oxygen atoms in total. The fourth-order valence-electron chi connectivity index (χ4n) is 20.9. The molecule has 0 atom stereocenters. The Labute approximate surface area is 736 Å². The molecule has 20 aromatic rings. The van der Waals surface area contributed by atoms with Crippen molar-refractivity contribution in [3.05, 3.63) is 554 Å². The maximum absolute atomic E-state index is 2.55. The molecule has 0 bridgehead atoms. The predicted molar refractivity (Wildman–Crippen MR) is 526 cm³/mol. The molecule has 0 saturated carbocycles. The fourth-order valence-corrected chi connectivity index (χ4v) is 20.9. The molecular weight excluding hydrogens is 1520 g/mol. The third kappa shape index (κ3) is 12.2. The lowest BCUT2D eigenvalue weighted by molar-refractivity contribution is 0.752. The first kappa shape index (κ1) is 74.6. The Bertz CT molecular complexity index is 7280. The third-order valence-electron chi connectivity index (χ3n) is 26.1. The molecule has 2 spiro atoms. The van der Waals surface area contributed by atoms with E-state index in [-0.39, 0.29) is 0 Å². The molecule has 0 fully saturated rings. The van der Waals surface area contributed by atoms with E-state index in [1.807, 2.05) is 0 Å². The largest absolute Gasteiger partial charge is 0.310 e. The van der Waals surface area contributed by atoms with Crippen molar-refractivity contribution in [1.29, 1.82) is 0 Å². The maximum Gasteiger partial charge on any atom is 0.0755 e. The summed E-state index contributed by atoms with van der Waals surface area (Å²) in [4.78, 5) is 9.96. The average molecular weight is 1610 g/mol. The smallest absolute Gasteiger partial charge is 0.0755 e. The summed E-state index contributed by atoms with van der Waals surface area (Å²) in [5, 5.41) is 0. The molecule has 2 heterocycles. The molecule has 4 aliphatic rings. The Balaban J connectivity index is 0.000000145. The molecule has 4 heteroatoms. The highest BCUT2D eigenvalue weighted by molar-refractivity contribution is 6.07. The zero-order valence-electron chi connectivity index (χ0n) is 69.3. The summed E-state index contributed by atoms with van der Waals surface area (Å²) in [7, 11) is 0. The molecule has 24 rings (SSSR count). The number of benzene rings is 20. The average Bonchev–Trinajstić information content (AvgIpc) is 1.50. The molecule has 0 unspecified atom stereocenters. The van der Waals surface area contributed by atoms with Gasteiger partial charge < -0.3 is 19.6 Å². The zero-order chi connectivity index (χ0) is 83.5. The summed E-state index contributed by atoms with van der Waals surface area (Å²) in [6.07, 6.45) is 0. The van der Waals surface area contributed by atoms with Crippen LogP contribution in [0.5, 0.6) is 0 Å². The van der Waals surface area contributed by atoms with Crippen LogP contribution in [-0.4, -0.2) is 0 Å². The number of hydrogen-bond acceptors (Lipinski definition) is 4.